The van der Waals surface area contributed by atoms with E-state index in [0.717, 1.165) is 11.8 Å². The lowest BCUT2D eigenvalue weighted by Crippen LogP contribution is -2.46. The Labute approximate surface area is 160 Å². The molecule has 1 rings (SSSR count). The van der Waals surface area contributed by atoms with Gasteiger partial charge in [0.2, 0.25) is 5.91 Å². The molecule has 2 atom stereocenters. The first-order chi connectivity index (χ1) is 12.5. The van der Waals surface area contributed by atoms with Gasteiger partial charge in [-0.05, 0) is 20.8 Å². The molecule has 10 nitrogen and oxygen atoms in total. The van der Waals surface area contributed by atoms with Crippen LogP contribution < -0.4 is 5.32 Å². The number of carbonyl (C=O) groups is 4. The van der Waals surface area contributed by atoms with Crippen molar-refractivity contribution in [3.05, 3.63) is 18.2 Å². The summed E-state index contributed by atoms with van der Waals surface area (Å²) < 4.78 is 5.26. The van der Waals surface area contributed by atoms with Crippen molar-refractivity contribution in [3.63, 3.8) is 0 Å². The van der Waals surface area contributed by atoms with Crippen LogP contribution in [-0.2, 0) is 30.3 Å². The monoisotopic (exact) mass is 401 g/mol. The summed E-state index contributed by atoms with van der Waals surface area (Å²) in [7, 11) is 0. The summed E-state index contributed by atoms with van der Waals surface area (Å²) in [5, 5.41) is 19.2. The molecule has 150 valence electrons. The van der Waals surface area contributed by atoms with Gasteiger partial charge in [-0.25, -0.2) is 9.78 Å². The molecule has 0 bridgehead atoms. The van der Waals surface area contributed by atoms with Gasteiger partial charge in [0.15, 0.2) is 0 Å². The smallest absolute Gasteiger partial charge is 0.330 e. The van der Waals surface area contributed by atoms with Crippen molar-refractivity contribution >= 4 is 35.6 Å². The third kappa shape index (κ3) is 9.08. The van der Waals surface area contributed by atoms with Gasteiger partial charge < -0.3 is 25.3 Å². The van der Waals surface area contributed by atoms with E-state index in [1.807, 2.05) is 0 Å². The zero-order valence-electron chi connectivity index (χ0n) is 15.2. The van der Waals surface area contributed by atoms with Gasteiger partial charge in [-0.2, -0.15) is 0 Å². The molecule has 1 amide bonds. The van der Waals surface area contributed by atoms with Gasteiger partial charge in [0, 0.05) is 17.6 Å². The molecule has 11 heteroatoms. The predicted molar refractivity (Wildman–Crippen MR) is 96.2 cm³/mol. The molecule has 0 saturated heterocycles. The van der Waals surface area contributed by atoms with Crippen LogP contribution in [0.15, 0.2) is 12.5 Å². The molecule has 1 aromatic heterocycles. The average Bonchev–Trinajstić information content (AvgIpc) is 3.00. The van der Waals surface area contributed by atoms with E-state index in [1.54, 1.807) is 20.8 Å². The molecule has 0 aliphatic heterocycles. The minimum atomic E-state index is -1.31. The molecule has 0 radical (unpaired) electrons. The number of esters is 1. The molecule has 1 aromatic rings. The third-order valence-corrected chi connectivity index (χ3v) is 4.33. The zero-order chi connectivity index (χ0) is 20.6. The van der Waals surface area contributed by atoms with Crippen molar-refractivity contribution in [1.29, 1.82) is 0 Å². The van der Waals surface area contributed by atoms with Crippen LogP contribution in [0.4, 0.5) is 0 Å². The maximum atomic E-state index is 12.4. The average molecular weight is 401 g/mol. The minimum Gasteiger partial charge on any atom is -0.481 e. The van der Waals surface area contributed by atoms with Gasteiger partial charge in [0.05, 0.1) is 19.2 Å². The summed E-state index contributed by atoms with van der Waals surface area (Å²) in [6, 6.07) is -1.12. The van der Waals surface area contributed by atoms with Crippen molar-refractivity contribution in [1.82, 2.24) is 15.3 Å². The zero-order valence-corrected chi connectivity index (χ0v) is 16.0. The molecule has 0 fully saturated rings. The summed E-state index contributed by atoms with van der Waals surface area (Å²) in [4.78, 5) is 53.0. The minimum absolute atomic E-state index is 0.0541. The molecule has 2 unspecified atom stereocenters. The number of thioether (sulfide) groups is 1. The Hall–Kier alpha value is -2.56. The number of hydrogen-bond acceptors (Lipinski definition) is 7. The maximum Gasteiger partial charge on any atom is 0.330 e. The van der Waals surface area contributed by atoms with Gasteiger partial charge in [0.25, 0.3) is 0 Å². The van der Waals surface area contributed by atoms with Crippen molar-refractivity contribution in [2.24, 2.45) is 0 Å². The number of ether oxygens (including phenoxy) is 1. The summed E-state index contributed by atoms with van der Waals surface area (Å²) in [5.74, 6) is -3.94. The normalized spacial score (nSPS) is 13.4. The number of amides is 1. The third-order valence-electron chi connectivity index (χ3n) is 3.03. The molecule has 0 aliphatic rings. The molecular weight excluding hydrogens is 378 g/mol. The quantitative estimate of drug-likeness (QED) is 0.408. The van der Waals surface area contributed by atoms with Crippen LogP contribution in [-0.4, -0.2) is 66.6 Å². The van der Waals surface area contributed by atoms with Crippen LogP contribution in [0.5, 0.6) is 0 Å². The summed E-state index contributed by atoms with van der Waals surface area (Å²) in [6.07, 6.45) is 2.21. The van der Waals surface area contributed by atoms with E-state index < -0.39 is 47.1 Å². The number of rotatable bonds is 10. The number of H-pyrrole nitrogens is 1. The van der Waals surface area contributed by atoms with Gasteiger partial charge in [-0.3, -0.25) is 14.4 Å². The lowest BCUT2D eigenvalue weighted by Gasteiger charge is -2.25. The maximum absolute atomic E-state index is 12.4. The second-order valence-electron chi connectivity index (χ2n) is 6.67. The van der Waals surface area contributed by atoms with Crippen LogP contribution in [0.2, 0.25) is 0 Å². The molecule has 1 heterocycles. The number of carbonyl (C=O) groups excluding carboxylic acids is 2. The topological polar surface area (TPSA) is 159 Å². The second kappa shape index (κ2) is 9.95. The van der Waals surface area contributed by atoms with Crippen molar-refractivity contribution < 1.29 is 34.1 Å². The van der Waals surface area contributed by atoms with E-state index in [1.165, 1.54) is 12.5 Å². The Morgan fingerprint density at radius 3 is 2.44 bits per heavy atom. The molecule has 4 N–H and O–H groups in total. The van der Waals surface area contributed by atoms with Crippen LogP contribution in [0.25, 0.3) is 0 Å². The highest BCUT2D eigenvalue weighted by Gasteiger charge is 2.30. The first-order valence-electron chi connectivity index (χ1n) is 8.03. The Morgan fingerprint density at radius 2 is 1.96 bits per heavy atom. The Morgan fingerprint density at radius 1 is 1.30 bits per heavy atom. The summed E-state index contributed by atoms with van der Waals surface area (Å²) >= 11 is 0.754. The van der Waals surface area contributed by atoms with E-state index >= 15 is 0 Å². The molecule has 0 aromatic carbocycles. The number of imidazole rings is 1. The largest absolute Gasteiger partial charge is 0.481 e. The van der Waals surface area contributed by atoms with Crippen molar-refractivity contribution in [3.8, 4) is 0 Å². The molecule has 27 heavy (non-hydrogen) atoms. The summed E-state index contributed by atoms with van der Waals surface area (Å²) in [5.41, 5.74) is -0.265. The standard InChI is InChI=1S/C16H23N3O7S/c1-16(2,3)26-15(25)10(7-27-11(14(23)24)5-13(21)22)19-12(20)4-9-6-17-8-18-9/h6,8,10-11H,4-5,7H2,1-3H3,(H,17,18)(H,19,20)(H,21,22)(H,23,24). The number of aromatic amines is 1. The van der Waals surface area contributed by atoms with Gasteiger partial charge >= 0.3 is 17.9 Å². The Bertz CT molecular complexity index is 670. The van der Waals surface area contributed by atoms with Gasteiger partial charge in [0.1, 0.15) is 16.9 Å². The molecule has 0 saturated carbocycles. The fourth-order valence-electron chi connectivity index (χ4n) is 1.93. The van der Waals surface area contributed by atoms with E-state index in [2.05, 4.69) is 15.3 Å². The lowest BCUT2D eigenvalue weighted by molar-refractivity contribution is -0.157. The second-order valence-corrected chi connectivity index (χ2v) is 7.90. The Kier molecular flexibility index (Phi) is 8.29. The summed E-state index contributed by atoms with van der Waals surface area (Å²) in [6.45, 7) is 4.98. The van der Waals surface area contributed by atoms with Crippen LogP contribution in [0, 0.1) is 0 Å². The molecule has 0 aliphatic carbocycles. The van der Waals surface area contributed by atoms with E-state index in [-0.39, 0.29) is 12.2 Å². The Balaban J connectivity index is 2.79. The fourth-order valence-corrected chi connectivity index (χ4v) is 2.98. The van der Waals surface area contributed by atoms with Crippen molar-refractivity contribution in [2.45, 2.75) is 50.5 Å². The molecule has 0 spiro atoms. The van der Waals surface area contributed by atoms with Crippen LogP contribution >= 0.6 is 11.8 Å². The highest BCUT2D eigenvalue weighted by molar-refractivity contribution is 8.00. The number of nitrogens with zero attached hydrogens (tertiary/aromatic N) is 1. The first kappa shape index (κ1) is 22.5. The fraction of sp³-hybridized carbons (Fsp3) is 0.562. The number of carboxylic acid groups (broad SMARTS) is 2. The van der Waals surface area contributed by atoms with E-state index in [9.17, 15) is 19.2 Å². The van der Waals surface area contributed by atoms with E-state index in [0.29, 0.717) is 5.69 Å². The number of nitrogens with one attached hydrogen (secondary N) is 2. The van der Waals surface area contributed by atoms with Gasteiger partial charge in [-0.1, -0.05) is 0 Å². The van der Waals surface area contributed by atoms with E-state index in [4.69, 9.17) is 14.9 Å². The number of carboxylic acids is 2. The first-order valence-corrected chi connectivity index (χ1v) is 9.08. The highest BCUT2D eigenvalue weighted by Crippen LogP contribution is 2.18. The van der Waals surface area contributed by atoms with Gasteiger partial charge in [-0.15, -0.1) is 11.8 Å². The number of aromatic nitrogens is 2. The highest BCUT2D eigenvalue weighted by atomic mass is 32.2. The molecular formula is C16H23N3O7S. The number of hydrogen-bond donors (Lipinski definition) is 4. The lowest BCUT2D eigenvalue weighted by atomic mass is 10.2. The SMILES string of the molecule is CC(C)(C)OC(=O)C(CSC(CC(=O)O)C(=O)O)NC(=O)Cc1cnc[nH]1. The predicted octanol–water partition coefficient (Wildman–Crippen LogP) is 0.440. The number of aliphatic carboxylic acids is 2. The van der Waals surface area contributed by atoms with Crippen LogP contribution in [0.3, 0.4) is 0 Å². The van der Waals surface area contributed by atoms with Crippen LogP contribution in [0.1, 0.15) is 32.9 Å². The van der Waals surface area contributed by atoms with Crippen molar-refractivity contribution in [2.75, 3.05) is 5.75 Å².